The molecular weight excluding hydrogens is 510 g/mol. The van der Waals surface area contributed by atoms with Gasteiger partial charge in [0.15, 0.2) is 0 Å². The van der Waals surface area contributed by atoms with Crippen molar-refractivity contribution in [2.24, 2.45) is 0 Å². The fourth-order valence-corrected chi connectivity index (χ4v) is 5.35. The number of para-hydroxylation sites is 1. The monoisotopic (exact) mass is 533 g/mol. The molecule has 0 radical (unpaired) electrons. The van der Waals surface area contributed by atoms with Crippen molar-refractivity contribution in [1.29, 1.82) is 0 Å². The van der Waals surface area contributed by atoms with Crippen LogP contribution in [0, 0.1) is 0 Å². The Kier molecular flexibility index (Phi) is 7.36. The van der Waals surface area contributed by atoms with Crippen molar-refractivity contribution in [2.45, 2.75) is 28.8 Å². The number of hydrogen-bond acceptors (Lipinski definition) is 6. The first-order valence-electron chi connectivity index (χ1n) is 11.3. The number of allylic oxidation sites excluding steroid dienone is 1. The van der Waals surface area contributed by atoms with Crippen LogP contribution in [-0.2, 0) is 10.5 Å². The zero-order chi connectivity index (χ0) is 25.1. The summed E-state index contributed by atoms with van der Waals surface area (Å²) < 4.78 is 1.81. The molecule has 1 aliphatic rings. The molecule has 6 nitrogen and oxygen atoms in total. The van der Waals surface area contributed by atoms with E-state index in [9.17, 15) is 4.79 Å². The summed E-state index contributed by atoms with van der Waals surface area (Å²) in [5.41, 5.74) is 4.18. The van der Waals surface area contributed by atoms with E-state index in [4.69, 9.17) is 21.7 Å². The number of amides is 1. The largest absolute Gasteiger partial charge is 0.328 e. The minimum Gasteiger partial charge on any atom is -0.328 e. The van der Waals surface area contributed by atoms with Crippen molar-refractivity contribution in [3.8, 4) is 0 Å². The lowest BCUT2D eigenvalue weighted by Gasteiger charge is -2.28. The molecule has 3 aromatic carbocycles. The number of rotatable bonds is 7. The van der Waals surface area contributed by atoms with Gasteiger partial charge in [-0.1, -0.05) is 65.8 Å². The Morgan fingerprint density at radius 1 is 1.06 bits per heavy atom. The summed E-state index contributed by atoms with van der Waals surface area (Å²) in [7, 11) is 0. The van der Waals surface area contributed by atoms with Crippen LogP contribution in [-0.4, -0.2) is 26.9 Å². The quantitative estimate of drug-likeness (QED) is 0.252. The van der Waals surface area contributed by atoms with Gasteiger partial charge in [-0.25, -0.2) is 4.68 Å². The van der Waals surface area contributed by atoms with Crippen LogP contribution in [0.2, 0.25) is 5.02 Å². The van der Waals surface area contributed by atoms with E-state index in [2.05, 4.69) is 34.9 Å². The van der Waals surface area contributed by atoms with Crippen molar-refractivity contribution in [3.05, 3.63) is 106 Å². The van der Waals surface area contributed by atoms with E-state index in [1.54, 1.807) is 23.5 Å². The minimum atomic E-state index is -0.418. The van der Waals surface area contributed by atoms with E-state index < -0.39 is 6.04 Å². The molecule has 1 atom stereocenters. The molecule has 182 valence electrons. The van der Waals surface area contributed by atoms with Gasteiger partial charge in [-0.3, -0.25) is 4.79 Å². The number of carbonyl (C=O) groups excluding carboxylic acids is 1. The van der Waals surface area contributed by atoms with Gasteiger partial charge in [0, 0.05) is 27.1 Å². The Balaban J connectivity index is 1.48. The number of hydrogen-bond donors (Lipinski definition) is 2. The standard InChI is InChI=1S/C27H24ClN5OS2/c1-17-23(25(34)30-21-6-4-3-5-7-21)24(19-10-14-22(35-2)15-11-19)33-26(29-17)31-27(32-33)36-16-18-8-12-20(28)13-9-18/h3-15,24H,16H2,1-2H3,(H,30,34)(H,29,31,32)/t24-/m1/s1. The van der Waals surface area contributed by atoms with Gasteiger partial charge in [-0.05, 0) is 60.7 Å². The van der Waals surface area contributed by atoms with Crippen LogP contribution in [0.5, 0.6) is 0 Å². The van der Waals surface area contributed by atoms with Gasteiger partial charge in [0.2, 0.25) is 11.1 Å². The normalized spacial score (nSPS) is 14.8. The van der Waals surface area contributed by atoms with Crippen LogP contribution in [0.15, 0.2) is 100 Å². The van der Waals surface area contributed by atoms with Gasteiger partial charge in [0.05, 0.1) is 5.57 Å². The lowest BCUT2D eigenvalue weighted by Crippen LogP contribution is -2.31. The molecule has 0 saturated carbocycles. The number of benzene rings is 3. The number of nitrogens with one attached hydrogen (secondary N) is 2. The third-order valence-electron chi connectivity index (χ3n) is 5.82. The van der Waals surface area contributed by atoms with E-state index in [0.717, 1.165) is 27.4 Å². The van der Waals surface area contributed by atoms with E-state index in [1.807, 2.05) is 72.5 Å². The molecule has 1 amide bonds. The van der Waals surface area contributed by atoms with Gasteiger partial charge in [-0.2, -0.15) is 4.98 Å². The van der Waals surface area contributed by atoms with E-state index in [0.29, 0.717) is 27.5 Å². The Morgan fingerprint density at radius 2 is 1.78 bits per heavy atom. The topological polar surface area (TPSA) is 71.8 Å². The average Bonchev–Trinajstić information content (AvgIpc) is 3.30. The summed E-state index contributed by atoms with van der Waals surface area (Å²) >= 11 is 9.23. The van der Waals surface area contributed by atoms with Crippen LogP contribution in [0.3, 0.4) is 0 Å². The molecule has 4 aromatic rings. The van der Waals surface area contributed by atoms with Crippen molar-refractivity contribution in [3.63, 3.8) is 0 Å². The molecule has 0 unspecified atom stereocenters. The summed E-state index contributed by atoms with van der Waals surface area (Å²) in [6, 6.07) is 25.0. The number of anilines is 2. The average molecular weight is 534 g/mol. The highest BCUT2D eigenvalue weighted by Crippen LogP contribution is 2.37. The molecule has 1 aromatic heterocycles. The highest BCUT2D eigenvalue weighted by atomic mass is 35.5. The fraction of sp³-hybridized carbons (Fsp3) is 0.148. The summed E-state index contributed by atoms with van der Waals surface area (Å²) in [4.78, 5) is 19.4. The Morgan fingerprint density at radius 3 is 2.47 bits per heavy atom. The summed E-state index contributed by atoms with van der Waals surface area (Å²) in [6.07, 6.45) is 2.04. The second-order valence-corrected chi connectivity index (χ2v) is 10.5. The molecule has 0 spiro atoms. The summed E-state index contributed by atoms with van der Waals surface area (Å²) in [5, 5.41) is 12.5. The second kappa shape index (κ2) is 10.8. The number of halogens is 1. The molecular formula is C27H24ClN5OS2. The van der Waals surface area contributed by atoms with Crippen molar-refractivity contribution in [1.82, 2.24) is 14.8 Å². The lowest BCUT2D eigenvalue weighted by molar-refractivity contribution is -0.113. The molecule has 36 heavy (non-hydrogen) atoms. The van der Waals surface area contributed by atoms with Gasteiger partial charge in [-0.15, -0.1) is 16.9 Å². The van der Waals surface area contributed by atoms with Crippen LogP contribution < -0.4 is 10.6 Å². The Bertz CT molecular complexity index is 1400. The number of aromatic nitrogens is 3. The molecule has 1 aliphatic heterocycles. The molecule has 2 heterocycles. The maximum absolute atomic E-state index is 13.5. The zero-order valence-corrected chi connectivity index (χ0v) is 22.1. The third-order valence-corrected chi connectivity index (χ3v) is 7.73. The molecule has 0 saturated heterocycles. The number of thioether (sulfide) groups is 2. The zero-order valence-electron chi connectivity index (χ0n) is 19.7. The van der Waals surface area contributed by atoms with E-state index in [1.165, 1.54) is 0 Å². The smallest absolute Gasteiger partial charge is 0.255 e. The molecule has 0 fully saturated rings. The number of carbonyl (C=O) groups is 1. The first-order valence-corrected chi connectivity index (χ1v) is 13.9. The van der Waals surface area contributed by atoms with Gasteiger partial charge >= 0.3 is 0 Å². The molecule has 0 aliphatic carbocycles. The fourth-order valence-electron chi connectivity index (χ4n) is 4.03. The first-order chi connectivity index (χ1) is 17.5. The Hall–Kier alpha value is -3.20. The first kappa shape index (κ1) is 24.5. The predicted octanol–water partition coefficient (Wildman–Crippen LogP) is 6.87. The van der Waals surface area contributed by atoms with Crippen molar-refractivity contribution in [2.75, 3.05) is 16.9 Å². The van der Waals surface area contributed by atoms with Crippen LogP contribution in [0.1, 0.15) is 24.1 Å². The number of fused-ring (bicyclic) bond motifs is 1. The maximum atomic E-state index is 13.5. The highest BCUT2D eigenvalue weighted by Gasteiger charge is 2.34. The van der Waals surface area contributed by atoms with Crippen LogP contribution in [0.25, 0.3) is 0 Å². The summed E-state index contributed by atoms with van der Waals surface area (Å²) in [5.74, 6) is 1.14. The van der Waals surface area contributed by atoms with Gasteiger partial charge < -0.3 is 10.6 Å². The van der Waals surface area contributed by atoms with E-state index >= 15 is 0 Å². The second-order valence-electron chi connectivity index (χ2n) is 8.24. The maximum Gasteiger partial charge on any atom is 0.255 e. The van der Waals surface area contributed by atoms with Crippen molar-refractivity contribution >= 4 is 52.7 Å². The predicted molar refractivity (Wildman–Crippen MR) is 149 cm³/mol. The molecule has 0 bridgehead atoms. The van der Waals surface area contributed by atoms with Crippen LogP contribution >= 0.6 is 35.1 Å². The third kappa shape index (κ3) is 5.31. The Labute approximate surface area is 223 Å². The minimum absolute atomic E-state index is 0.179. The van der Waals surface area contributed by atoms with E-state index in [-0.39, 0.29) is 5.91 Å². The van der Waals surface area contributed by atoms with Crippen LogP contribution in [0.4, 0.5) is 11.6 Å². The molecule has 2 N–H and O–H groups in total. The lowest BCUT2D eigenvalue weighted by atomic mass is 9.95. The molecule has 5 rings (SSSR count). The summed E-state index contributed by atoms with van der Waals surface area (Å²) in [6.45, 7) is 1.90. The molecule has 9 heteroatoms. The highest BCUT2D eigenvalue weighted by molar-refractivity contribution is 7.98. The number of nitrogens with zero attached hydrogens (tertiary/aromatic N) is 3. The van der Waals surface area contributed by atoms with Gasteiger partial charge in [0.1, 0.15) is 6.04 Å². The van der Waals surface area contributed by atoms with Crippen molar-refractivity contribution < 1.29 is 4.79 Å². The van der Waals surface area contributed by atoms with Gasteiger partial charge in [0.25, 0.3) is 5.91 Å². The SMILES string of the molecule is CSc1ccc([C@@H]2C(C(=O)Nc3ccccc3)=C(C)Nc3nc(SCc4ccc(Cl)cc4)nn32)cc1.